The van der Waals surface area contributed by atoms with Crippen LogP contribution in [0.3, 0.4) is 0 Å². The van der Waals surface area contributed by atoms with Crippen LogP contribution >= 0.6 is 0 Å². The summed E-state index contributed by atoms with van der Waals surface area (Å²) in [5, 5.41) is 6.20. The van der Waals surface area contributed by atoms with Crippen LogP contribution in [0.2, 0.25) is 0 Å². The van der Waals surface area contributed by atoms with E-state index in [1.54, 1.807) is 14.2 Å². The Morgan fingerprint density at radius 1 is 1.13 bits per heavy atom. The van der Waals surface area contributed by atoms with Crippen molar-refractivity contribution in [1.29, 1.82) is 0 Å². The summed E-state index contributed by atoms with van der Waals surface area (Å²) in [6, 6.07) is 14.6. The van der Waals surface area contributed by atoms with E-state index in [0.29, 0.717) is 0 Å². The first kappa shape index (κ1) is 22.9. The largest absolute Gasteiger partial charge is 0.493 e. The number of carbonyl (C=O) groups excluding carboxylic acids is 1. The Morgan fingerprint density at radius 2 is 1.77 bits per heavy atom. The van der Waals surface area contributed by atoms with E-state index >= 15 is 0 Å². The molecule has 0 radical (unpaired) electrons. The number of fused-ring (bicyclic) bond motifs is 1. The Labute approximate surface area is 185 Å². The third kappa shape index (κ3) is 5.70. The number of ether oxygens (including phenoxy) is 2. The summed E-state index contributed by atoms with van der Waals surface area (Å²) in [4.78, 5) is 14.1. The number of amides is 2. The molecule has 0 fully saturated rings. The lowest BCUT2D eigenvalue weighted by Gasteiger charge is -2.38. The summed E-state index contributed by atoms with van der Waals surface area (Å²) >= 11 is 0. The Kier molecular flexibility index (Phi) is 7.11. The number of methoxy groups -OCH3 is 2. The standard InChI is InChI=1S/C25H35N3O3/c1-17(26-24(29)27-25(2,3)4)23-20-15-22(31-6)21(30-5)14-19(20)12-13-28(23)16-18-10-8-7-9-11-18/h7-11,14-15,17,23H,12-13,16H2,1-6H3,(H2,26,27,29)/p+1/t17-,23+/m1/s1. The van der Waals surface area contributed by atoms with Gasteiger partial charge in [-0.2, -0.15) is 0 Å². The summed E-state index contributed by atoms with van der Waals surface area (Å²) < 4.78 is 11.1. The second kappa shape index (κ2) is 9.60. The molecule has 3 rings (SSSR count). The Hall–Kier alpha value is -2.73. The lowest BCUT2D eigenvalue weighted by atomic mass is 9.87. The molecule has 2 aromatic rings. The molecule has 0 aliphatic carbocycles. The summed E-state index contributed by atoms with van der Waals surface area (Å²) in [7, 11) is 3.33. The van der Waals surface area contributed by atoms with Crippen molar-refractivity contribution in [2.75, 3.05) is 20.8 Å². The first-order valence-electron chi connectivity index (χ1n) is 10.9. The molecule has 1 heterocycles. The van der Waals surface area contributed by atoms with Gasteiger partial charge in [0.1, 0.15) is 12.6 Å². The second-order valence-corrected chi connectivity index (χ2v) is 9.34. The zero-order valence-corrected chi connectivity index (χ0v) is 19.5. The molecule has 0 saturated heterocycles. The highest BCUT2D eigenvalue weighted by Gasteiger charge is 2.37. The van der Waals surface area contributed by atoms with Gasteiger partial charge < -0.3 is 25.0 Å². The van der Waals surface area contributed by atoms with Gasteiger partial charge in [0.15, 0.2) is 11.5 Å². The minimum Gasteiger partial charge on any atom is -0.493 e. The molecule has 1 aliphatic rings. The molecule has 168 valence electrons. The normalized spacial score (nSPS) is 19.2. The summed E-state index contributed by atoms with van der Waals surface area (Å²) in [5.74, 6) is 1.47. The first-order valence-corrected chi connectivity index (χ1v) is 10.9. The van der Waals surface area contributed by atoms with Crippen molar-refractivity contribution in [1.82, 2.24) is 10.6 Å². The first-order chi connectivity index (χ1) is 14.7. The van der Waals surface area contributed by atoms with E-state index in [0.717, 1.165) is 31.0 Å². The van der Waals surface area contributed by atoms with E-state index in [1.165, 1.54) is 21.6 Å². The predicted octanol–water partition coefficient (Wildman–Crippen LogP) is 2.87. The third-order valence-corrected chi connectivity index (χ3v) is 5.76. The van der Waals surface area contributed by atoms with Gasteiger partial charge in [0.25, 0.3) is 0 Å². The van der Waals surface area contributed by atoms with Crippen LogP contribution in [0.4, 0.5) is 4.79 Å². The SMILES string of the molecule is COc1cc2c(cc1OC)[C@H]([C@@H](C)NC(=O)NC(C)(C)C)[NH+](Cc1ccccc1)CC2. The van der Waals surface area contributed by atoms with Crippen molar-refractivity contribution in [3.8, 4) is 11.5 Å². The quantitative estimate of drug-likeness (QED) is 0.666. The highest BCUT2D eigenvalue weighted by atomic mass is 16.5. The summed E-state index contributed by atoms with van der Waals surface area (Å²) in [5.41, 5.74) is 3.46. The monoisotopic (exact) mass is 426 g/mol. The summed E-state index contributed by atoms with van der Waals surface area (Å²) in [6.45, 7) is 9.91. The number of hydrogen-bond donors (Lipinski definition) is 3. The molecule has 1 unspecified atom stereocenters. The maximum absolute atomic E-state index is 12.6. The average Bonchev–Trinajstić information content (AvgIpc) is 2.71. The van der Waals surface area contributed by atoms with Gasteiger partial charge in [0.05, 0.1) is 26.8 Å². The lowest BCUT2D eigenvalue weighted by molar-refractivity contribution is -0.948. The molecule has 31 heavy (non-hydrogen) atoms. The highest BCUT2D eigenvalue weighted by molar-refractivity contribution is 5.75. The maximum atomic E-state index is 12.6. The predicted molar refractivity (Wildman–Crippen MR) is 123 cm³/mol. The Balaban J connectivity index is 1.94. The fourth-order valence-corrected chi connectivity index (χ4v) is 4.46. The Morgan fingerprint density at radius 3 is 2.39 bits per heavy atom. The van der Waals surface area contributed by atoms with Gasteiger partial charge in [0, 0.05) is 23.1 Å². The van der Waals surface area contributed by atoms with Gasteiger partial charge in [-0.25, -0.2) is 4.79 Å². The third-order valence-electron chi connectivity index (χ3n) is 5.76. The molecular formula is C25H36N3O3+. The fourth-order valence-electron chi connectivity index (χ4n) is 4.46. The van der Waals surface area contributed by atoms with Gasteiger partial charge in [-0.15, -0.1) is 0 Å². The van der Waals surface area contributed by atoms with E-state index in [1.807, 2.05) is 26.8 Å². The van der Waals surface area contributed by atoms with Crippen molar-refractivity contribution in [2.24, 2.45) is 0 Å². The molecule has 0 saturated carbocycles. The van der Waals surface area contributed by atoms with Gasteiger partial charge in [-0.05, 0) is 45.4 Å². The zero-order chi connectivity index (χ0) is 22.6. The molecule has 2 aromatic carbocycles. The topological polar surface area (TPSA) is 64.0 Å². The van der Waals surface area contributed by atoms with E-state index < -0.39 is 0 Å². The zero-order valence-electron chi connectivity index (χ0n) is 19.5. The van der Waals surface area contributed by atoms with Gasteiger partial charge in [-0.3, -0.25) is 0 Å². The van der Waals surface area contributed by atoms with E-state index in [9.17, 15) is 4.79 Å². The van der Waals surface area contributed by atoms with Crippen molar-refractivity contribution in [3.05, 3.63) is 59.2 Å². The van der Waals surface area contributed by atoms with Crippen LogP contribution in [-0.2, 0) is 13.0 Å². The van der Waals surface area contributed by atoms with Crippen molar-refractivity contribution in [3.63, 3.8) is 0 Å². The molecule has 6 nitrogen and oxygen atoms in total. The van der Waals surface area contributed by atoms with E-state index in [4.69, 9.17) is 9.47 Å². The minimum atomic E-state index is -0.290. The number of benzene rings is 2. The van der Waals surface area contributed by atoms with Crippen molar-refractivity contribution >= 4 is 6.03 Å². The number of nitrogens with one attached hydrogen (secondary N) is 3. The van der Waals surface area contributed by atoms with E-state index in [-0.39, 0.29) is 23.7 Å². The van der Waals surface area contributed by atoms with E-state index in [2.05, 4.69) is 54.0 Å². The van der Waals surface area contributed by atoms with Crippen molar-refractivity contribution in [2.45, 2.75) is 58.3 Å². The fraction of sp³-hybridized carbons (Fsp3) is 0.480. The molecule has 3 atom stereocenters. The number of hydrogen-bond acceptors (Lipinski definition) is 3. The smallest absolute Gasteiger partial charge is 0.315 e. The van der Waals surface area contributed by atoms with Crippen molar-refractivity contribution < 1.29 is 19.2 Å². The molecule has 0 aromatic heterocycles. The van der Waals surface area contributed by atoms with Crippen LogP contribution < -0.4 is 25.0 Å². The minimum absolute atomic E-state index is 0.0711. The highest BCUT2D eigenvalue weighted by Crippen LogP contribution is 2.35. The number of quaternary nitrogens is 1. The maximum Gasteiger partial charge on any atom is 0.315 e. The van der Waals surface area contributed by atoms with Crippen LogP contribution in [0.15, 0.2) is 42.5 Å². The van der Waals surface area contributed by atoms with Crippen LogP contribution in [0, 0.1) is 0 Å². The van der Waals surface area contributed by atoms with Crippen LogP contribution in [0.1, 0.15) is 50.4 Å². The van der Waals surface area contributed by atoms with Gasteiger partial charge in [0.2, 0.25) is 0 Å². The van der Waals surface area contributed by atoms with Gasteiger partial charge >= 0.3 is 6.03 Å². The number of urea groups is 1. The van der Waals surface area contributed by atoms with Crippen LogP contribution in [0.5, 0.6) is 11.5 Å². The molecule has 2 amide bonds. The van der Waals surface area contributed by atoms with Crippen LogP contribution in [0.25, 0.3) is 0 Å². The average molecular weight is 427 g/mol. The number of carbonyl (C=O) groups is 1. The van der Waals surface area contributed by atoms with Gasteiger partial charge in [-0.1, -0.05) is 30.3 Å². The molecule has 1 aliphatic heterocycles. The molecule has 0 spiro atoms. The molecule has 3 N–H and O–H groups in total. The molecular weight excluding hydrogens is 390 g/mol. The van der Waals surface area contributed by atoms with Crippen LogP contribution in [-0.4, -0.2) is 38.4 Å². The Bertz CT molecular complexity index is 893. The molecule has 6 heteroatoms. The summed E-state index contributed by atoms with van der Waals surface area (Å²) in [6.07, 6.45) is 0.954. The number of rotatable bonds is 6. The molecule has 0 bridgehead atoms. The second-order valence-electron chi connectivity index (χ2n) is 9.34. The lowest BCUT2D eigenvalue weighted by Crippen LogP contribution is -3.13.